The van der Waals surface area contributed by atoms with Gasteiger partial charge in [-0.25, -0.2) is 4.98 Å². The second kappa shape index (κ2) is 5.74. The van der Waals surface area contributed by atoms with E-state index in [4.69, 9.17) is 0 Å². The van der Waals surface area contributed by atoms with E-state index >= 15 is 0 Å². The highest BCUT2D eigenvalue weighted by molar-refractivity contribution is 6.02. The van der Waals surface area contributed by atoms with Gasteiger partial charge < -0.3 is 10.6 Å². The number of carbonyl (C=O) groups is 2. The Morgan fingerprint density at radius 2 is 1.81 bits per heavy atom. The van der Waals surface area contributed by atoms with E-state index in [1.165, 1.54) is 6.33 Å². The summed E-state index contributed by atoms with van der Waals surface area (Å²) in [5.41, 5.74) is 0.687. The molecule has 2 aromatic rings. The molecule has 1 aromatic carbocycles. The van der Waals surface area contributed by atoms with Crippen molar-refractivity contribution in [1.82, 2.24) is 15.2 Å². The van der Waals surface area contributed by atoms with Crippen LogP contribution in [0.3, 0.4) is 0 Å². The van der Waals surface area contributed by atoms with Crippen LogP contribution in [-0.4, -0.2) is 27.0 Å². The predicted molar refractivity (Wildman–Crippen MR) is 78.9 cm³/mol. The number of anilines is 2. The predicted octanol–water partition coefficient (Wildman–Crippen LogP) is 2.04. The molecule has 0 aliphatic heterocycles. The van der Waals surface area contributed by atoms with Crippen LogP contribution < -0.4 is 10.6 Å². The molecule has 110 valence electrons. The standard InChI is InChI=1S/C14H17N5O2/c1-14(2,3)13(21)18-10-6-4-5-9(7-10)17-12(20)11-15-8-16-19-11/h4-8H,1-3H3,(H,17,20)(H,18,21)(H,15,16,19). The summed E-state index contributed by atoms with van der Waals surface area (Å²) in [6.45, 7) is 5.49. The Balaban J connectivity index is 2.08. The molecule has 3 N–H and O–H groups in total. The molecule has 0 bridgehead atoms. The third-order valence-electron chi connectivity index (χ3n) is 2.69. The summed E-state index contributed by atoms with van der Waals surface area (Å²) in [5.74, 6) is -0.368. The van der Waals surface area contributed by atoms with Gasteiger partial charge in [0, 0.05) is 16.8 Å². The molecule has 0 fully saturated rings. The topological polar surface area (TPSA) is 99.8 Å². The highest BCUT2D eigenvalue weighted by Gasteiger charge is 2.21. The zero-order valence-corrected chi connectivity index (χ0v) is 12.1. The van der Waals surface area contributed by atoms with Crippen molar-refractivity contribution in [2.75, 3.05) is 10.6 Å². The van der Waals surface area contributed by atoms with E-state index in [1.54, 1.807) is 24.3 Å². The summed E-state index contributed by atoms with van der Waals surface area (Å²) in [4.78, 5) is 27.5. The third kappa shape index (κ3) is 3.88. The molecule has 0 saturated heterocycles. The lowest BCUT2D eigenvalue weighted by Crippen LogP contribution is -2.27. The summed E-state index contributed by atoms with van der Waals surface area (Å²) in [5, 5.41) is 11.6. The number of aromatic amines is 1. The van der Waals surface area contributed by atoms with Crippen LogP contribution in [0, 0.1) is 5.41 Å². The van der Waals surface area contributed by atoms with Crippen LogP contribution in [0.1, 0.15) is 31.4 Å². The third-order valence-corrected chi connectivity index (χ3v) is 2.69. The molecule has 7 nitrogen and oxygen atoms in total. The Labute approximate surface area is 122 Å². The molecule has 21 heavy (non-hydrogen) atoms. The molecule has 1 heterocycles. The largest absolute Gasteiger partial charge is 0.326 e. The number of nitrogens with zero attached hydrogens (tertiary/aromatic N) is 2. The summed E-state index contributed by atoms with van der Waals surface area (Å²) in [6, 6.07) is 6.90. The second-order valence-corrected chi connectivity index (χ2v) is 5.57. The van der Waals surface area contributed by atoms with E-state index in [9.17, 15) is 9.59 Å². The van der Waals surface area contributed by atoms with Crippen molar-refractivity contribution in [2.24, 2.45) is 5.41 Å². The first-order chi connectivity index (χ1) is 9.86. The fourth-order valence-electron chi connectivity index (χ4n) is 1.50. The molecule has 1 aromatic heterocycles. The van der Waals surface area contributed by atoms with Gasteiger partial charge in [-0.3, -0.25) is 14.7 Å². The van der Waals surface area contributed by atoms with Gasteiger partial charge >= 0.3 is 0 Å². The van der Waals surface area contributed by atoms with Gasteiger partial charge in [0.2, 0.25) is 11.7 Å². The van der Waals surface area contributed by atoms with Crippen LogP contribution >= 0.6 is 0 Å². The molecule has 0 saturated carbocycles. The van der Waals surface area contributed by atoms with Crippen molar-refractivity contribution >= 4 is 23.2 Å². The Morgan fingerprint density at radius 3 is 2.38 bits per heavy atom. The lowest BCUT2D eigenvalue weighted by atomic mass is 9.95. The minimum atomic E-state index is -0.487. The molecule has 7 heteroatoms. The van der Waals surface area contributed by atoms with Gasteiger partial charge in [0.1, 0.15) is 6.33 Å². The first-order valence-electron chi connectivity index (χ1n) is 6.44. The number of H-pyrrole nitrogens is 1. The first-order valence-corrected chi connectivity index (χ1v) is 6.44. The molecular formula is C14H17N5O2. The first kappa shape index (κ1) is 14.7. The van der Waals surface area contributed by atoms with Crippen LogP contribution in [0.15, 0.2) is 30.6 Å². The van der Waals surface area contributed by atoms with Crippen LogP contribution in [0.2, 0.25) is 0 Å². The van der Waals surface area contributed by atoms with Crippen LogP contribution in [0.5, 0.6) is 0 Å². The Morgan fingerprint density at radius 1 is 1.14 bits per heavy atom. The Hall–Kier alpha value is -2.70. The Bertz CT molecular complexity index is 644. The minimum Gasteiger partial charge on any atom is -0.326 e. The minimum absolute atomic E-state index is 0.0961. The van der Waals surface area contributed by atoms with E-state index in [1.807, 2.05) is 20.8 Å². The van der Waals surface area contributed by atoms with Gasteiger partial charge in [-0.05, 0) is 18.2 Å². The van der Waals surface area contributed by atoms with Gasteiger partial charge in [0.25, 0.3) is 5.91 Å². The normalized spacial score (nSPS) is 11.0. The molecule has 0 aliphatic carbocycles. The molecule has 2 amide bonds. The van der Waals surface area contributed by atoms with Gasteiger partial charge in [-0.2, -0.15) is 5.10 Å². The van der Waals surface area contributed by atoms with E-state index < -0.39 is 11.3 Å². The molecule has 0 radical (unpaired) electrons. The lowest BCUT2D eigenvalue weighted by Gasteiger charge is -2.18. The quantitative estimate of drug-likeness (QED) is 0.804. The highest BCUT2D eigenvalue weighted by Crippen LogP contribution is 2.20. The van der Waals surface area contributed by atoms with Crippen molar-refractivity contribution in [3.63, 3.8) is 0 Å². The lowest BCUT2D eigenvalue weighted by molar-refractivity contribution is -0.123. The monoisotopic (exact) mass is 287 g/mol. The zero-order valence-electron chi connectivity index (χ0n) is 12.1. The molecule has 2 rings (SSSR count). The maximum absolute atomic E-state index is 11.9. The van der Waals surface area contributed by atoms with Gasteiger partial charge in [-0.15, -0.1) is 0 Å². The fraction of sp³-hybridized carbons (Fsp3) is 0.286. The van der Waals surface area contributed by atoms with Gasteiger partial charge in [-0.1, -0.05) is 26.8 Å². The van der Waals surface area contributed by atoms with Crippen LogP contribution in [0.25, 0.3) is 0 Å². The number of benzene rings is 1. The number of aromatic nitrogens is 3. The summed E-state index contributed by atoms with van der Waals surface area (Å²) < 4.78 is 0. The number of carbonyl (C=O) groups excluding carboxylic acids is 2. The van der Waals surface area contributed by atoms with Crippen molar-refractivity contribution in [3.05, 3.63) is 36.4 Å². The molecule has 0 atom stereocenters. The summed E-state index contributed by atoms with van der Waals surface area (Å²) in [6.07, 6.45) is 1.26. The summed E-state index contributed by atoms with van der Waals surface area (Å²) >= 11 is 0. The van der Waals surface area contributed by atoms with Crippen molar-refractivity contribution in [3.8, 4) is 0 Å². The van der Waals surface area contributed by atoms with E-state index in [0.29, 0.717) is 11.4 Å². The summed E-state index contributed by atoms with van der Waals surface area (Å²) in [7, 11) is 0. The van der Waals surface area contributed by atoms with Crippen LogP contribution in [-0.2, 0) is 4.79 Å². The SMILES string of the molecule is CC(C)(C)C(=O)Nc1cccc(NC(=O)c2ncn[nH]2)c1. The van der Waals surface area contributed by atoms with Crippen molar-refractivity contribution in [2.45, 2.75) is 20.8 Å². The highest BCUT2D eigenvalue weighted by atomic mass is 16.2. The van der Waals surface area contributed by atoms with E-state index in [0.717, 1.165) is 0 Å². The number of nitrogens with one attached hydrogen (secondary N) is 3. The van der Waals surface area contributed by atoms with Crippen LogP contribution in [0.4, 0.5) is 11.4 Å². The average molecular weight is 287 g/mol. The maximum atomic E-state index is 11.9. The van der Waals surface area contributed by atoms with Crippen molar-refractivity contribution in [1.29, 1.82) is 0 Å². The molecule has 0 spiro atoms. The second-order valence-electron chi connectivity index (χ2n) is 5.57. The zero-order chi connectivity index (χ0) is 15.5. The van der Waals surface area contributed by atoms with E-state index in [-0.39, 0.29) is 11.7 Å². The molecule has 0 unspecified atom stereocenters. The van der Waals surface area contributed by atoms with Crippen molar-refractivity contribution < 1.29 is 9.59 Å². The van der Waals surface area contributed by atoms with Gasteiger partial charge in [0.05, 0.1) is 0 Å². The maximum Gasteiger partial charge on any atom is 0.292 e. The fourth-order valence-corrected chi connectivity index (χ4v) is 1.50. The number of rotatable bonds is 3. The average Bonchev–Trinajstić information content (AvgIpc) is 2.91. The number of hydrogen-bond donors (Lipinski definition) is 3. The smallest absolute Gasteiger partial charge is 0.292 e. The van der Waals surface area contributed by atoms with E-state index in [2.05, 4.69) is 25.8 Å². The van der Waals surface area contributed by atoms with Gasteiger partial charge in [0.15, 0.2) is 0 Å². The molecular weight excluding hydrogens is 270 g/mol. The number of hydrogen-bond acceptors (Lipinski definition) is 4. The molecule has 0 aliphatic rings. The number of amides is 2. The Kier molecular flexibility index (Phi) is 4.02.